The van der Waals surface area contributed by atoms with E-state index in [0.29, 0.717) is 11.5 Å². The minimum absolute atomic E-state index is 0.120. The Hall–Kier alpha value is -1.86. The first-order valence-electron chi connectivity index (χ1n) is 6.60. The van der Waals surface area contributed by atoms with Crippen LogP contribution in [0.5, 0.6) is 5.75 Å². The average Bonchev–Trinajstić information content (AvgIpc) is 2.84. The van der Waals surface area contributed by atoms with E-state index in [1.165, 1.54) is 11.3 Å². The van der Waals surface area contributed by atoms with Crippen LogP contribution in [0.3, 0.4) is 0 Å². The fourth-order valence-corrected chi connectivity index (χ4v) is 2.97. The van der Waals surface area contributed by atoms with Gasteiger partial charge in [-0.05, 0) is 31.2 Å². The van der Waals surface area contributed by atoms with E-state index >= 15 is 0 Å². The largest absolute Gasteiger partial charge is 0.494 e. The molecule has 0 bridgehead atoms. The minimum atomic E-state index is -0.120. The highest BCUT2D eigenvalue weighted by atomic mass is 32.1. The Morgan fingerprint density at radius 3 is 2.35 bits per heavy atom. The van der Waals surface area contributed by atoms with Crippen molar-refractivity contribution in [1.82, 2.24) is 4.98 Å². The van der Waals surface area contributed by atoms with Crippen molar-refractivity contribution in [2.24, 2.45) is 0 Å². The number of thiazole rings is 1. The van der Waals surface area contributed by atoms with Crippen LogP contribution in [0.15, 0.2) is 24.3 Å². The molecule has 0 saturated heterocycles. The van der Waals surface area contributed by atoms with Gasteiger partial charge >= 0.3 is 0 Å². The summed E-state index contributed by atoms with van der Waals surface area (Å²) in [5.41, 5.74) is 1.77. The summed E-state index contributed by atoms with van der Waals surface area (Å²) in [6, 6.07) is 10.1. The molecule has 0 atom stereocenters. The highest BCUT2D eigenvalue weighted by Gasteiger charge is 2.23. The summed E-state index contributed by atoms with van der Waals surface area (Å²) < 4.78 is 5.43. The van der Waals surface area contributed by atoms with Gasteiger partial charge in [-0.2, -0.15) is 5.26 Å². The SMILES string of the molecule is CCOc1ccc(-c2nc(C(C)(C)C)c(C#N)s2)cc1. The number of ether oxygens (including phenoxy) is 1. The summed E-state index contributed by atoms with van der Waals surface area (Å²) in [6.07, 6.45) is 0. The van der Waals surface area contributed by atoms with Crippen molar-refractivity contribution in [1.29, 1.82) is 5.26 Å². The van der Waals surface area contributed by atoms with Crippen molar-refractivity contribution >= 4 is 11.3 Å². The molecule has 2 rings (SSSR count). The van der Waals surface area contributed by atoms with Crippen molar-refractivity contribution in [3.63, 3.8) is 0 Å². The Kier molecular flexibility index (Phi) is 4.10. The van der Waals surface area contributed by atoms with E-state index in [-0.39, 0.29) is 5.41 Å². The van der Waals surface area contributed by atoms with E-state index in [9.17, 15) is 5.26 Å². The van der Waals surface area contributed by atoms with Gasteiger partial charge in [-0.25, -0.2) is 4.98 Å². The van der Waals surface area contributed by atoms with Gasteiger partial charge in [-0.3, -0.25) is 0 Å². The van der Waals surface area contributed by atoms with Crippen LogP contribution < -0.4 is 4.74 Å². The first kappa shape index (κ1) is 14.5. The first-order valence-corrected chi connectivity index (χ1v) is 7.42. The fraction of sp³-hybridized carbons (Fsp3) is 0.375. The third-order valence-electron chi connectivity index (χ3n) is 2.85. The Morgan fingerprint density at radius 1 is 1.25 bits per heavy atom. The summed E-state index contributed by atoms with van der Waals surface area (Å²) in [4.78, 5) is 5.35. The molecule has 0 radical (unpaired) electrons. The van der Waals surface area contributed by atoms with Crippen molar-refractivity contribution < 1.29 is 4.74 Å². The lowest BCUT2D eigenvalue weighted by molar-refractivity contribution is 0.340. The van der Waals surface area contributed by atoms with E-state index in [4.69, 9.17) is 4.74 Å². The minimum Gasteiger partial charge on any atom is -0.494 e. The number of hydrogen-bond acceptors (Lipinski definition) is 4. The molecule has 0 N–H and O–H groups in total. The summed E-state index contributed by atoms with van der Waals surface area (Å²) >= 11 is 1.45. The third kappa shape index (κ3) is 3.00. The molecule has 0 saturated carbocycles. The summed E-state index contributed by atoms with van der Waals surface area (Å²) in [5.74, 6) is 0.851. The molecule has 1 heterocycles. The average molecular weight is 286 g/mol. The first-order chi connectivity index (χ1) is 9.45. The maximum Gasteiger partial charge on any atom is 0.128 e. The lowest BCUT2D eigenvalue weighted by Gasteiger charge is -2.15. The summed E-state index contributed by atoms with van der Waals surface area (Å²) in [7, 11) is 0. The van der Waals surface area contributed by atoms with Gasteiger partial charge in [0.25, 0.3) is 0 Å². The van der Waals surface area contributed by atoms with Gasteiger partial charge in [-0.1, -0.05) is 20.8 Å². The highest BCUT2D eigenvalue weighted by molar-refractivity contribution is 7.15. The van der Waals surface area contributed by atoms with Crippen LogP contribution in [0.4, 0.5) is 0 Å². The van der Waals surface area contributed by atoms with E-state index < -0.39 is 0 Å². The quantitative estimate of drug-likeness (QED) is 0.841. The molecule has 20 heavy (non-hydrogen) atoms. The molecule has 3 nitrogen and oxygen atoms in total. The summed E-state index contributed by atoms with van der Waals surface area (Å²) in [5, 5.41) is 10.1. The number of nitriles is 1. The van der Waals surface area contributed by atoms with Gasteiger partial charge in [0.2, 0.25) is 0 Å². The number of nitrogens with zero attached hydrogens (tertiary/aromatic N) is 2. The molecule has 0 aliphatic heterocycles. The molecule has 2 aromatic rings. The highest BCUT2D eigenvalue weighted by Crippen LogP contribution is 2.34. The normalized spacial score (nSPS) is 11.2. The number of rotatable bonds is 3. The van der Waals surface area contributed by atoms with E-state index in [1.807, 2.05) is 31.2 Å². The Bertz CT molecular complexity index is 630. The Morgan fingerprint density at radius 2 is 1.90 bits per heavy atom. The zero-order chi connectivity index (χ0) is 14.8. The second-order valence-electron chi connectivity index (χ2n) is 5.52. The van der Waals surface area contributed by atoms with E-state index in [0.717, 1.165) is 22.0 Å². The molecule has 1 aromatic heterocycles. The molecule has 104 valence electrons. The monoisotopic (exact) mass is 286 g/mol. The lowest BCUT2D eigenvalue weighted by atomic mass is 9.91. The second-order valence-corrected chi connectivity index (χ2v) is 6.52. The predicted octanol–water partition coefficient (Wildman–Crippen LogP) is 4.38. The van der Waals surface area contributed by atoms with Crippen LogP contribution >= 0.6 is 11.3 Å². The van der Waals surface area contributed by atoms with Crippen molar-refractivity contribution in [3.05, 3.63) is 34.8 Å². The lowest BCUT2D eigenvalue weighted by Crippen LogP contribution is -2.13. The number of aromatic nitrogens is 1. The van der Waals surface area contributed by atoms with Crippen molar-refractivity contribution in [2.75, 3.05) is 6.61 Å². The zero-order valence-electron chi connectivity index (χ0n) is 12.2. The second kappa shape index (κ2) is 5.64. The molecular weight excluding hydrogens is 268 g/mol. The Labute approximate surface area is 123 Å². The zero-order valence-corrected chi connectivity index (χ0v) is 13.0. The maximum absolute atomic E-state index is 9.26. The van der Waals surface area contributed by atoms with Gasteiger partial charge in [0.15, 0.2) is 0 Å². The molecule has 4 heteroatoms. The van der Waals surface area contributed by atoms with Crippen LogP contribution in [-0.4, -0.2) is 11.6 Å². The molecular formula is C16H18N2OS. The molecule has 0 unspecified atom stereocenters. The topological polar surface area (TPSA) is 45.9 Å². The van der Waals surface area contributed by atoms with Crippen LogP contribution in [0.2, 0.25) is 0 Å². The van der Waals surface area contributed by atoms with E-state index in [1.54, 1.807) is 0 Å². The van der Waals surface area contributed by atoms with Gasteiger partial charge in [-0.15, -0.1) is 11.3 Å². The molecule has 0 aliphatic rings. The molecule has 0 amide bonds. The van der Waals surface area contributed by atoms with Gasteiger partial charge in [0.1, 0.15) is 21.7 Å². The van der Waals surface area contributed by atoms with Gasteiger partial charge < -0.3 is 4.74 Å². The fourth-order valence-electron chi connectivity index (χ4n) is 1.89. The van der Waals surface area contributed by atoms with Crippen molar-refractivity contribution in [2.45, 2.75) is 33.1 Å². The Balaban J connectivity index is 2.39. The molecule has 0 fully saturated rings. The number of benzene rings is 1. The van der Waals surface area contributed by atoms with Crippen LogP contribution in [0.1, 0.15) is 38.3 Å². The molecule has 0 aliphatic carbocycles. The maximum atomic E-state index is 9.26. The van der Waals surface area contributed by atoms with Gasteiger partial charge in [0, 0.05) is 11.0 Å². The standard InChI is InChI=1S/C16H18N2OS/c1-5-19-12-8-6-11(7-9-12)15-18-14(16(2,3)4)13(10-17)20-15/h6-9H,5H2,1-4H3. The molecule has 1 aromatic carbocycles. The van der Waals surface area contributed by atoms with Crippen LogP contribution in [0.25, 0.3) is 10.6 Å². The van der Waals surface area contributed by atoms with Crippen LogP contribution in [-0.2, 0) is 5.41 Å². The smallest absolute Gasteiger partial charge is 0.128 e. The predicted molar refractivity (Wildman–Crippen MR) is 82.1 cm³/mol. The van der Waals surface area contributed by atoms with E-state index in [2.05, 4.69) is 31.8 Å². The molecule has 0 spiro atoms. The van der Waals surface area contributed by atoms with Gasteiger partial charge in [0.05, 0.1) is 12.3 Å². The third-order valence-corrected chi connectivity index (χ3v) is 3.86. The summed E-state index contributed by atoms with van der Waals surface area (Å²) in [6.45, 7) is 8.84. The van der Waals surface area contributed by atoms with Crippen LogP contribution in [0, 0.1) is 11.3 Å². The van der Waals surface area contributed by atoms with Crippen molar-refractivity contribution in [3.8, 4) is 22.4 Å². The number of hydrogen-bond donors (Lipinski definition) is 0.